The fourth-order valence-electron chi connectivity index (χ4n) is 1.60. The van der Waals surface area contributed by atoms with Crippen LogP contribution in [0, 0.1) is 0 Å². The maximum Gasteiger partial charge on any atom is 0.350 e. The van der Waals surface area contributed by atoms with Crippen LogP contribution in [-0.2, 0) is 25.7 Å². The first kappa shape index (κ1) is 13.5. The van der Waals surface area contributed by atoms with Gasteiger partial charge in [0.15, 0.2) is 0 Å². The number of benzene rings is 1. The maximum absolute atomic E-state index is 11.9. The van der Waals surface area contributed by atoms with Gasteiger partial charge in [-0.2, -0.15) is 0 Å². The first-order valence-corrected chi connectivity index (χ1v) is 6.23. The third kappa shape index (κ3) is 3.32. The Kier molecular flexibility index (Phi) is 3.85. The molecule has 1 aliphatic rings. The Balaban J connectivity index is 1.88. The summed E-state index contributed by atoms with van der Waals surface area (Å²) in [6.45, 7) is 1.70. The molecule has 1 fully saturated rings. The SMILES string of the molecule is C[C@H](N)C(=O)OC1(C(=O)OCc2ccccc2)CC1. The highest BCUT2D eigenvalue weighted by Gasteiger charge is 2.56. The van der Waals surface area contributed by atoms with Gasteiger partial charge in [-0.05, 0) is 12.5 Å². The van der Waals surface area contributed by atoms with Crippen LogP contribution in [0.4, 0.5) is 0 Å². The molecule has 2 rings (SSSR count). The van der Waals surface area contributed by atoms with Crippen LogP contribution in [0.25, 0.3) is 0 Å². The van der Waals surface area contributed by atoms with Crippen molar-refractivity contribution in [3.05, 3.63) is 35.9 Å². The molecule has 5 heteroatoms. The van der Waals surface area contributed by atoms with Crippen LogP contribution in [0.5, 0.6) is 0 Å². The summed E-state index contributed by atoms with van der Waals surface area (Å²) >= 11 is 0. The van der Waals surface area contributed by atoms with E-state index in [1.165, 1.54) is 6.92 Å². The fraction of sp³-hybridized carbons (Fsp3) is 0.429. The van der Waals surface area contributed by atoms with Crippen LogP contribution < -0.4 is 5.73 Å². The molecule has 1 saturated carbocycles. The van der Waals surface area contributed by atoms with Crippen LogP contribution in [0.3, 0.4) is 0 Å². The van der Waals surface area contributed by atoms with Gasteiger partial charge in [0, 0.05) is 12.8 Å². The van der Waals surface area contributed by atoms with Crippen molar-refractivity contribution in [3.8, 4) is 0 Å². The summed E-state index contributed by atoms with van der Waals surface area (Å²) < 4.78 is 10.3. The minimum absolute atomic E-state index is 0.178. The molecule has 0 spiro atoms. The third-order valence-corrected chi connectivity index (χ3v) is 2.96. The highest BCUT2D eigenvalue weighted by molar-refractivity contribution is 5.87. The van der Waals surface area contributed by atoms with E-state index in [-0.39, 0.29) is 6.61 Å². The number of ether oxygens (including phenoxy) is 2. The molecule has 1 atom stereocenters. The number of hydrogen-bond acceptors (Lipinski definition) is 5. The zero-order chi connectivity index (χ0) is 13.9. The Morgan fingerprint density at radius 1 is 1.32 bits per heavy atom. The summed E-state index contributed by atoms with van der Waals surface area (Å²) in [5, 5.41) is 0. The van der Waals surface area contributed by atoms with Crippen molar-refractivity contribution in [2.24, 2.45) is 5.73 Å². The zero-order valence-electron chi connectivity index (χ0n) is 10.8. The summed E-state index contributed by atoms with van der Waals surface area (Å²) in [5.74, 6) is -1.07. The van der Waals surface area contributed by atoms with Gasteiger partial charge in [-0.1, -0.05) is 30.3 Å². The number of esters is 2. The molecule has 0 amide bonds. The summed E-state index contributed by atoms with van der Waals surface area (Å²) in [7, 11) is 0. The maximum atomic E-state index is 11.9. The number of carbonyl (C=O) groups is 2. The van der Waals surface area contributed by atoms with Crippen molar-refractivity contribution in [2.75, 3.05) is 0 Å². The quantitative estimate of drug-likeness (QED) is 0.806. The van der Waals surface area contributed by atoms with Crippen molar-refractivity contribution in [3.63, 3.8) is 0 Å². The van der Waals surface area contributed by atoms with Crippen molar-refractivity contribution in [2.45, 2.75) is 38.0 Å². The van der Waals surface area contributed by atoms with Gasteiger partial charge in [0.25, 0.3) is 0 Å². The molecule has 1 aliphatic carbocycles. The van der Waals surface area contributed by atoms with E-state index in [4.69, 9.17) is 15.2 Å². The zero-order valence-corrected chi connectivity index (χ0v) is 10.8. The van der Waals surface area contributed by atoms with E-state index in [9.17, 15) is 9.59 Å². The molecule has 0 aliphatic heterocycles. The molecule has 0 bridgehead atoms. The van der Waals surface area contributed by atoms with Gasteiger partial charge < -0.3 is 15.2 Å². The van der Waals surface area contributed by atoms with Crippen LogP contribution in [-0.4, -0.2) is 23.6 Å². The van der Waals surface area contributed by atoms with E-state index in [2.05, 4.69) is 0 Å². The van der Waals surface area contributed by atoms with Gasteiger partial charge in [-0.3, -0.25) is 4.79 Å². The number of hydrogen-bond donors (Lipinski definition) is 1. The fourth-order valence-corrected chi connectivity index (χ4v) is 1.60. The number of carbonyl (C=O) groups excluding carboxylic acids is 2. The molecule has 5 nitrogen and oxygen atoms in total. The van der Waals surface area contributed by atoms with Crippen molar-refractivity contribution in [1.29, 1.82) is 0 Å². The lowest BCUT2D eigenvalue weighted by Crippen LogP contribution is -2.37. The standard InChI is InChI=1S/C14H17NO4/c1-10(15)12(16)19-14(7-8-14)13(17)18-9-11-5-3-2-4-6-11/h2-6,10H,7-9,15H2,1H3/t10-/m0/s1. The summed E-state index contributed by atoms with van der Waals surface area (Å²) in [6, 6.07) is 8.61. The molecule has 0 saturated heterocycles. The molecule has 0 radical (unpaired) electrons. The molecular weight excluding hydrogens is 246 g/mol. The number of rotatable bonds is 5. The Labute approximate surface area is 111 Å². The summed E-state index contributed by atoms with van der Waals surface area (Å²) in [4.78, 5) is 23.3. The highest BCUT2D eigenvalue weighted by Crippen LogP contribution is 2.41. The van der Waals surface area contributed by atoms with E-state index < -0.39 is 23.6 Å². The summed E-state index contributed by atoms with van der Waals surface area (Å²) in [6.07, 6.45) is 0.998. The Morgan fingerprint density at radius 3 is 2.47 bits per heavy atom. The third-order valence-electron chi connectivity index (χ3n) is 2.96. The second kappa shape index (κ2) is 5.40. The molecule has 2 N–H and O–H groups in total. The lowest BCUT2D eigenvalue weighted by Gasteiger charge is -2.16. The minimum atomic E-state index is -1.10. The predicted octanol–water partition coefficient (Wildman–Crippen LogP) is 1.15. The van der Waals surface area contributed by atoms with Crippen molar-refractivity contribution >= 4 is 11.9 Å². The molecule has 19 heavy (non-hydrogen) atoms. The molecule has 1 aromatic carbocycles. The average Bonchev–Trinajstić information content (AvgIpc) is 3.18. The van der Waals surface area contributed by atoms with Crippen LogP contribution in [0.2, 0.25) is 0 Å². The molecular formula is C14H17NO4. The van der Waals surface area contributed by atoms with E-state index in [1.807, 2.05) is 30.3 Å². The minimum Gasteiger partial charge on any atom is -0.458 e. The Bertz CT molecular complexity index is 466. The first-order valence-electron chi connectivity index (χ1n) is 6.23. The van der Waals surface area contributed by atoms with Crippen LogP contribution in [0.15, 0.2) is 30.3 Å². The average molecular weight is 263 g/mol. The topological polar surface area (TPSA) is 78.6 Å². The molecule has 102 valence electrons. The smallest absolute Gasteiger partial charge is 0.350 e. The van der Waals surface area contributed by atoms with Gasteiger partial charge in [-0.25, -0.2) is 4.79 Å². The highest BCUT2D eigenvalue weighted by atomic mass is 16.6. The summed E-state index contributed by atoms with van der Waals surface area (Å²) in [5.41, 5.74) is 5.21. The lowest BCUT2D eigenvalue weighted by molar-refractivity contribution is -0.172. The van der Waals surface area contributed by atoms with Crippen LogP contribution >= 0.6 is 0 Å². The largest absolute Gasteiger partial charge is 0.458 e. The molecule has 0 unspecified atom stereocenters. The van der Waals surface area contributed by atoms with E-state index in [0.29, 0.717) is 12.8 Å². The Morgan fingerprint density at radius 2 is 1.95 bits per heavy atom. The van der Waals surface area contributed by atoms with Gasteiger partial charge >= 0.3 is 11.9 Å². The van der Waals surface area contributed by atoms with Gasteiger partial charge in [0.1, 0.15) is 12.6 Å². The van der Waals surface area contributed by atoms with E-state index in [0.717, 1.165) is 5.56 Å². The second-order valence-electron chi connectivity index (χ2n) is 4.77. The van der Waals surface area contributed by atoms with Crippen molar-refractivity contribution in [1.82, 2.24) is 0 Å². The Hall–Kier alpha value is -1.88. The first-order chi connectivity index (χ1) is 9.03. The molecule has 0 aromatic heterocycles. The lowest BCUT2D eigenvalue weighted by atomic mass is 10.2. The second-order valence-corrected chi connectivity index (χ2v) is 4.77. The number of nitrogens with two attached hydrogens (primary N) is 1. The van der Waals surface area contributed by atoms with E-state index in [1.54, 1.807) is 0 Å². The molecule has 1 aromatic rings. The van der Waals surface area contributed by atoms with Gasteiger partial charge in [0.2, 0.25) is 5.60 Å². The molecule has 0 heterocycles. The van der Waals surface area contributed by atoms with Crippen molar-refractivity contribution < 1.29 is 19.1 Å². The normalized spacial score (nSPS) is 17.4. The monoisotopic (exact) mass is 263 g/mol. The van der Waals surface area contributed by atoms with Gasteiger partial charge in [0.05, 0.1) is 0 Å². The van der Waals surface area contributed by atoms with E-state index >= 15 is 0 Å². The van der Waals surface area contributed by atoms with Gasteiger partial charge in [-0.15, -0.1) is 0 Å². The van der Waals surface area contributed by atoms with Crippen LogP contribution in [0.1, 0.15) is 25.3 Å². The predicted molar refractivity (Wildman–Crippen MR) is 67.9 cm³/mol.